The molecule has 1 saturated heterocycles. The maximum atomic E-state index is 13.6. The Balaban J connectivity index is 2.01. The minimum atomic E-state index is -4.02. The van der Waals surface area contributed by atoms with Crippen LogP contribution < -0.4 is 9.64 Å². The molecule has 1 atom stereocenters. The number of carbonyl (C=O) groups excluding carboxylic acids is 2. The molecule has 3 rings (SSSR count). The maximum Gasteiger partial charge on any atom is 0.252 e. The molecule has 0 N–H and O–H groups in total. The number of amides is 2. The number of rotatable bonds is 8. The van der Waals surface area contributed by atoms with Crippen molar-refractivity contribution in [3.63, 3.8) is 0 Å². The van der Waals surface area contributed by atoms with E-state index in [1.807, 2.05) is 13.8 Å². The fraction of sp³-hybridized carbons (Fsp3) is 0.391. The Morgan fingerprint density at radius 1 is 1.03 bits per heavy atom. The van der Waals surface area contributed by atoms with Gasteiger partial charge in [-0.25, -0.2) is 13.3 Å². The highest BCUT2D eigenvalue weighted by atomic mass is 32.2. The number of hydrogen-bond acceptors (Lipinski definition) is 5. The van der Waals surface area contributed by atoms with Crippen LogP contribution in [-0.2, 0) is 19.6 Å². The van der Waals surface area contributed by atoms with Gasteiger partial charge >= 0.3 is 0 Å². The molecule has 2 aromatic carbocycles. The molecule has 0 aliphatic carbocycles. The van der Waals surface area contributed by atoms with E-state index in [-0.39, 0.29) is 11.3 Å². The minimum Gasteiger partial charge on any atom is -0.494 e. The van der Waals surface area contributed by atoms with E-state index in [2.05, 4.69) is 0 Å². The van der Waals surface area contributed by atoms with E-state index in [9.17, 15) is 18.0 Å². The van der Waals surface area contributed by atoms with Crippen LogP contribution in [0, 0.1) is 0 Å². The zero-order chi connectivity index (χ0) is 22.8. The summed E-state index contributed by atoms with van der Waals surface area (Å²) in [5.41, 5.74) is -0.475. The molecule has 31 heavy (non-hydrogen) atoms. The average Bonchev–Trinajstić information content (AvgIpc) is 3.03. The lowest BCUT2D eigenvalue weighted by molar-refractivity contribution is -0.122. The van der Waals surface area contributed by atoms with Gasteiger partial charge in [-0.1, -0.05) is 25.1 Å². The molecule has 0 radical (unpaired) electrons. The molecule has 1 aliphatic heterocycles. The van der Waals surface area contributed by atoms with Gasteiger partial charge in [-0.3, -0.25) is 9.59 Å². The van der Waals surface area contributed by atoms with Crippen molar-refractivity contribution in [2.45, 2.75) is 57.0 Å². The number of nitrogens with zero attached hydrogens (tertiary/aromatic N) is 2. The molecular weight excluding hydrogens is 416 g/mol. The lowest BCUT2D eigenvalue weighted by atomic mass is 10.00. The summed E-state index contributed by atoms with van der Waals surface area (Å²) in [6.07, 6.45) is 0.266. The van der Waals surface area contributed by atoms with E-state index >= 15 is 0 Å². The number of sulfonamides is 1. The van der Waals surface area contributed by atoms with Gasteiger partial charge in [-0.05, 0) is 63.6 Å². The zero-order valence-electron chi connectivity index (χ0n) is 18.2. The first-order valence-corrected chi connectivity index (χ1v) is 11.8. The smallest absolute Gasteiger partial charge is 0.252 e. The quantitative estimate of drug-likeness (QED) is 0.581. The first kappa shape index (κ1) is 23.0. The van der Waals surface area contributed by atoms with Gasteiger partial charge in [0.05, 0.1) is 23.6 Å². The third kappa shape index (κ3) is 4.36. The van der Waals surface area contributed by atoms with Crippen LogP contribution in [0.3, 0.4) is 0 Å². The molecule has 166 valence electrons. The van der Waals surface area contributed by atoms with Crippen molar-refractivity contribution in [3.05, 3.63) is 54.6 Å². The van der Waals surface area contributed by atoms with Crippen molar-refractivity contribution in [1.29, 1.82) is 0 Å². The van der Waals surface area contributed by atoms with Crippen molar-refractivity contribution in [2.24, 2.45) is 0 Å². The van der Waals surface area contributed by atoms with Gasteiger partial charge in [-0.2, -0.15) is 4.31 Å². The van der Waals surface area contributed by atoms with Crippen LogP contribution in [0.15, 0.2) is 59.5 Å². The predicted octanol–water partition coefficient (Wildman–Crippen LogP) is 3.60. The predicted molar refractivity (Wildman–Crippen MR) is 118 cm³/mol. The standard InChI is InChI=1S/C23H28N2O5S/c1-5-23(3,4)25(31(28,29)19-10-8-7-9-11-19)20-16-21(26)24(22(20)27)17-12-14-18(15-13-17)30-6-2/h7-15,20H,5-6,16H2,1-4H3. The van der Waals surface area contributed by atoms with Crippen LogP contribution in [0.2, 0.25) is 0 Å². The third-order valence-corrected chi connectivity index (χ3v) is 7.71. The molecule has 0 aromatic heterocycles. The van der Waals surface area contributed by atoms with E-state index < -0.39 is 33.4 Å². The van der Waals surface area contributed by atoms with Crippen LogP contribution in [-0.4, -0.2) is 42.7 Å². The van der Waals surface area contributed by atoms with E-state index in [0.717, 1.165) is 4.90 Å². The van der Waals surface area contributed by atoms with Crippen LogP contribution in [0.1, 0.15) is 40.5 Å². The molecule has 2 aromatic rings. The van der Waals surface area contributed by atoms with E-state index in [1.54, 1.807) is 56.3 Å². The summed E-state index contributed by atoms with van der Waals surface area (Å²) in [5, 5.41) is 0. The van der Waals surface area contributed by atoms with Gasteiger partial charge in [0.2, 0.25) is 15.9 Å². The van der Waals surface area contributed by atoms with E-state index in [1.165, 1.54) is 16.4 Å². The Hall–Kier alpha value is -2.71. The summed E-state index contributed by atoms with van der Waals surface area (Å²) in [6.45, 7) is 7.76. The second kappa shape index (κ2) is 8.80. The average molecular weight is 445 g/mol. The van der Waals surface area contributed by atoms with E-state index in [4.69, 9.17) is 4.74 Å². The Morgan fingerprint density at radius 2 is 1.65 bits per heavy atom. The first-order chi connectivity index (χ1) is 14.6. The molecule has 0 bridgehead atoms. The summed E-state index contributed by atoms with van der Waals surface area (Å²) in [7, 11) is -4.02. The number of benzene rings is 2. The second-order valence-corrected chi connectivity index (χ2v) is 9.81. The van der Waals surface area contributed by atoms with Gasteiger partial charge in [0, 0.05) is 5.54 Å². The number of anilines is 1. The lowest BCUT2D eigenvalue weighted by Crippen LogP contribution is -2.55. The Labute approximate surface area is 183 Å². The Kier molecular flexibility index (Phi) is 6.52. The highest BCUT2D eigenvalue weighted by Gasteiger charge is 2.51. The van der Waals surface area contributed by atoms with Crippen LogP contribution in [0.5, 0.6) is 5.75 Å². The molecule has 1 heterocycles. The largest absolute Gasteiger partial charge is 0.494 e. The van der Waals surface area contributed by atoms with Gasteiger partial charge in [0.25, 0.3) is 5.91 Å². The summed E-state index contributed by atoms with van der Waals surface area (Å²) in [5.74, 6) is -0.350. The van der Waals surface area contributed by atoms with Crippen molar-refractivity contribution in [3.8, 4) is 5.75 Å². The van der Waals surface area contributed by atoms with Crippen molar-refractivity contribution >= 4 is 27.5 Å². The number of hydrogen-bond donors (Lipinski definition) is 0. The normalized spacial score (nSPS) is 17.5. The fourth-order valence-electron chi connectivity index (χ4n) is 3.71. The van der Waals surface area contributed by atoms with Crippen molar-refractivity contribution in [1.82, 2.24) is 4.31 Å². The van der Waals surface area contributed by atoms with Crippen LogP contribution in [0.25, 0.3) is 0 Å². The topological polar surface area (TPSA) is 84.0 Å². The lowest BCUT2D eigenvalue weighted by Gasteiger charge is -2.39. The third-order valence-electron chi connectivity index (χ3n) is 5.57. The maximum absolute atomic E-state index is 13.6. The molecule has 1 unspecified atom stereocenters. The summed E-state index contributed by atoms with van der Waals surface area (Å²) in [4.78, 5) is 27.4. The molecule has 0 saturated carbocycles. The van der Waals surface area contributed by atoms with Gasteiger partial charge < -0.3 is 4.74 Å². The molecule has 2 amide bonds. The van der Waals surface area contributed by atoms with Crippen LogP contribution in [0.4, 0.5) is 5.69 Å². The van der Waals surface area contributed by atoms with Gasteiger partial charge in [0.1, 0.15) is 11.8 Å². The van der Waals surface area contributed by atoms with E-state index in [0.29, 0.717) is 24.5 Å². The molecule has 1 fully saturated rings. The Morgan fingerprint density at radius 3 is 2.19 bits per heavy atom. The van der Waals surface area contributed by atoms with Crippen LogP contribution >= 0.6 is 0 Å². The summed E-state index contributed by atoms with van der Waals surface area (Å²) < 4.78 is 33.8. The molecule has 0 spiro atoms. The summed E-state index contributed by atoms with van der Waals surface area (Å²) in [6, 6.07) is 13.5. The van der Waals surface area contributed by atoms with Crippen molar-refractivity contribution in [2.75, 3.05) is 11.5 Å². The number of imide groups is 1. The minimum absolute atomic E-state index is 0.0938. The van der Waals surface area contributed by atoms with Crippen molar-refractivity contribution < 1.29 is 22.7 Å². The monoisotopic (exact) mass is 444 g/mol. The van der Waals surface area contributed by atoms with Gasteiger partial charge in [0.15, 0.2) is 0 Å². The first-order valence-electron chi connectivity index (χ1n) is 10.3. The zero-order valence-corrected chi connectivity index (χ0v) is 19.1. The SMILES string of the molecule is CCOc1ccc(N2C(=O)CC(N(C(C)(C)CC)S(=O)(=O)c3ccccc3)C2=O)cc1. The highest BCUT2D eigenvalue weighted by molar-refractivity contribution is 7.89. The number of carbonyl (C=O) groups is 2. The molecule has 8 heteroatoms. The molecule has 1 aliphatic rings. The fourth-order valence-corrected chi connectivity index (χ4v) is 5.71. The Bertz CT molecular complexity index is 1050. The second-order valence-electron chi connectivity index (χ2n) is 7.99. The molecular formula is C23H28N2O5S. The van der Waals surface area contributed by atoms with Gasteiger partial charge in [-0.15, -0.1) is 0 Å². The molecule has 7 nitrogen and oxygen atoms in total. The summed E-state index contributed by atoms with van der Waals surface area (Å²) >= 11 is 0. The number of ether oxygens (including phenoxy) is 1. The highest BCUT2D eigenvalue weighted by Crippen LogP contribution is 2.36.